The minimum atomic E-state index is 0. The van der Waals surface area contributed by atoms with Crippen LogP contribution in [0.4, 0.5) is 9.41 Å². The van der Waals surface area contributed by atoms with Gasteiger partial charge in [-0.1, -0.05) is 0 Å². The van der Waals surface area contributed by atoms with Gasteiger partial charge < -0.3 is 5.71 Å². The molecule has 0 atom stereocenters. The summed E-state index contributed by atoms with van der Waals surface area (Å²) in [5.41, 5.74) is 0. The van der Waals surface area contributed by atoms with E-state index in [1.807, 2.05) is 0 Å². The van der Waals surface area contributed by atoms with Crippen LogP contribution in [0.2, 0.25) is 0 Å². The van der Waals surface area contributed by atoms with Crippen LogP contribution in [-0.4, -0.2) is 46.1 Å². The second-order valence-electron chi connectivity index (χ2n) is 0. The SMILES string of the molecule is F.F.[H-].[H-].[H-].[H-].[Mg+2].[Mg+2]. The summed E-state index contributed by atoms with van der Waals surface area (Å²) in [5, 5.41) is 0. The van der Waals surface area contributed by atoms with Gasteiger partial charge in [0.15, 0.2) is 0 Å². The fourth-order valence-electron chi connectivity index (χ4n) is 0. The van der Waals surface area contributed by atoms with Crippen molar-refractivity contribution in [3.8, 4) is 0 Å². The first kappa shape index (κ1) is 53.7. The summed E-state index contributed by atoms with van der Waals surface area (Å²) in [6.07, 6.45) is 0. The Morgan fingerprint density at radius 1 is 0.750 bits per heavy atom. The summed E-state index contributed by atoms with van der Waals surface area (Å²) in [5.74, 6) is 0. The van der Waals surface area contributed by atoms with E-state index >= 15 is 0 Å². The molecule has 0 saturated carbocycles. The van der Waals surface area contributed by atoms with E-state index in [4.69, 9.17) is 0 Å². The monoisotopic (exact) mass is 92.0 g/mol. The largest absolute Gasteiger partial charge is 2.00 e. The quantitative estimate of drug-likeness (QED) is 0.369. The van der Waals surface area contributed by atoms with Crippen molar-refractivity contribution in [3.05, 3.63) is 0 Å². The number of hydrogen-bond donors (Lipinski definition) is 0. The molecular formula is H6F2Mg2. The Labute approximate surface area is 61.3 Å². The molecule has 0 fully saturated rings. The van der Waals surface area contributed by atoms with Crippen LogP contribution >= 0.6 is 0 Å². The van der Waals surface area contributed by atoms with Crippen LogP contribution in [0.5, 0.6) is 0 Å². The predicted octanol–water partition coefficient (Wildman–Crippen LogP) is -0.00660. The molecule has 0 aromatic carbocycles. The Hall–Kier alpha value is 1.39. The maximum Gasteiger partial charge on any atom is 2.00 e. The van der Waals surface area contributed by atoms with Crippen LogP contribution in [0.3, 0.4) is 0 Å². The summed E-state index contributed by atoms with van der Waals surface area (Å²) >= 11 is 0. The van der Waals surface area contributed by atoms with Gasteiger partial charge >= 0.3 is 46.1 Å². The van der Waals surface area contributed by atoms with Crippen LogP contribution in [0.15, 0.2) is 0 Å². The molecule has 0 amide bonds. The minimum absolute atomic E-state index is 0. The van der Waals surface area contributed by atoms with E-state index in [1.165, 1.54) is 0 Å². The fourth-order valence-corrected chi connectivity index (χ4v) is 0. The molecule has 0 bridgehead atoms. The molecule has 0 aromatic heterocycles. The van der Waals surface area contributed by atoms with Crippen molar-refractivity contribution in [2.45, 2.75) is 0 Å². The van der Waals surface area contributed by atoms with Gasteiger partial charge in [-0.2, -0.15) is 0 Å². The molecule has 0 aromatic rings. The van der Waals surface area contributed by atoms with Gasteiger partial charge in [0.2, 0.25) is 0 Å². The second-order valence-corrected chi connectivity index (χ2v) is 0. The number of rotatable bonds is 0. The van der Waals surface area contributed by atoms with Gasteiger partial charge in [-0.05, 0) is 0 Å². The molecule has 0 radical (unpaired) electrons. The van der Waals surface area contributed by atoms with Crippen LogP contribution < -0.4 is 0 Å². The molecule has 4 heavy (non-hydrogen) atoms. The number of hydrogen-bond acceptors (Lipinski definition) is 0. The van der Waals surface area contributed by atoms with Crippen molar-refractivity contribution < 1.29 is 15.1 Å². The van der Waals surface area contributed by atoms with Crippen LogP contribution in [0, 0.1) is 0 Å². The molecule has 0 N–H and O–H groups in total. The third-order valence-electron chi connectivity index (χ3n) is 0. The van der Waals surface area contributed by atoms with E-state index in [1.54, 1.807) is 0 Å². The second kappa shape index (κ2) is 26.1. The van der Waals surface area contributed by atoms with Gasteiger partial charge in [0.25, 0.3) is 0 Å². The van der Waals surface area contributed by atoms with Crippen molar-refractivity contribution >= 4 is 46.1 Å². The first-order valence-corrected chi connectivity index (χ1v) is 0. The van der Waals surface area contributed by atoms with Gasteiger partial charge in [-0.25, -0.2) is 0 Å². The van der Waals surface area contributed by atoms with Gasteiger partial charge in [-0.15, -0.1) is 0 Å². The molecule has 0 unspecified atom stereocenters. The van der Waals surface area contributed by atoms with Gasteiger partial charge in [0, 0.05) is 0 Å². The molecule has 0 rings (SSSR count). The molecular weight excluding hydrogens is 86.6 g/mol. The average Bonchev–Trinajstić information content (AvgIpc) is 0. The van der Waals surface area contributed by atoms with E-state index in [-0.39, 0.29) is 61.2 Å². The Bertz CT molecular complexity index is 12.0. The smallest absolute Gasteiger partial charge is 1.00 e. The van der Waals surface area contributed by atoms with E-state index in [0.29, 0.717) is 0 Å². The summed E-state index contributed by atoms with van der Waals surface area (Å²) < 4.78 is 0. The summed E-state index contributed by atoms with van der Waals surface area (Å²) in [6, 6.07) is 0. The third-order valence-corrected chi connectivity index (χ3v) is 0. The minimum Gasteiger partial charge on any atom is -1.00 e. The van der Waals surface area contributed by atoms with Crippen molar-refractivity contribution in [1.29, 1.82) is 0 Å². The van der Waals surface area contributed by atoms with Crippen LogP contribution in [0.25, 0.3) is 0 Å². The van der Waals surface area contributed by atoms with Crippen LogP contribution in [0.1, 0.15) is 5.71 Å². The Kier molecular flexibility index (Phi) is 350. The van der Waals surface area contributed by atoms with Crippen molar-refractivity contribution in [1.82, 2.24) is 0 Å². The topological polar surface area (TPSA) is 0 Å². The summed E-state index contributed by atoms with van der Waals surface area (Å²) in [7, 11) is 0. The standard InChI is InChI=1S/2FH.2Mg.4H/h2*1H;;;;;;/q;;2*+2;4*-1. The maximum absolute atomic E-state index is 0. The van der Waals surface area contributed by atoms with E-state index in [0.717, 1.165) is 0 Å². The van der Waals surface area contributed by atoms with Gasteiger partial charge in [-0.3, -0.25) is 9.41 Å². The van der Waals surface area contributed by atoms with E-state index < -0.39 is 0 Å². The molecule has 0 nitrogen and oxygen atoms in total. The molecule has 0 spiro atoms. The Morgan fingerprint density at radius 2 is 0.750 bits per heavy atom. The van der Waals surface area contributed by atoms with Crippen molar-refractivity contribution in [2.75, 3.05) is 0 Å². The summed E-state index contributed by atoms with van der Waals surface area (Å²) in [4.78, 5) is 0. The Balaban J connectivity index is 0. The first-order valence-electron chi connectivity index (χ1n) is 0. The fraction of sp³-hybridized carbons (Fsp3) is 0. The molecule has 0 aliphatic carbocycles. The maximum atomic E-state index is 0. The van der Waals surface area contributed by atoms with Crippen molar-refractivity contribution in [2.24, 2.45) is 0 Å². The molecule has 0 heterocycles. The van der Waals surface area contributed by atoms with E-state index in [2.05, 4.69) is 0 Å². The average molecular weight is 92.7 g/mol. The van der Waals surface area contributed by atoms with Gasteiger partial charge in [0.05, 0.1) is 0 Å². The molecule has 0 aliphatic rings. The third kappa shape index (κ3) is 10.0. The predicted molar refractivity (Wildman–Crippen MR) is 21.0 cm³/mol. The zero-order valence-corrected chi connectivity index (χ0v) is 5.06. The van der Waals surface area contributed by atoms with Crippen molar-refractivity contribution in [3.63, 3.8) is 0 Å². The molecule has 24 valence electrons. The first-order chi connectivity index (χ1) is 0. The molecule has 4 heteroatoms. The number of halogens is 2. The van der Waals surface area contributed by atoms with E-state index in [9.17, 15) is 0 Å². The summed E-state index contributed by atoms with van der Waals surface area (Å²) in [6.45, 7) is 0. The zero-order chi connectivity index (χ0) is 0. The van der Waals surface area contributed by atoms with Crippen LogP contribution in [-0.2, 0) is 0 Å². The Morgan fingerprint density at radius 3 is 0.750 bits per heavy atom. The normalized spacial score (nSPS) is 0. The van der Waals surface area contributed by atoms with Gasteiger partial charge in [0.1, 0.15) is 0 Å². The molecule has 0 saturated heterocycles. The molecule has 0 aliphatic heterocycles. The zero-order valence-electron chi connectivity index (χ0n) is 6.23.